The number of rotatable bonds is 5. The first-order valence-corrected chi connectivity index (χ1v) is 6.04. The van der Waals surface area contributed by atoms with Crippen LogP contribution >= 0.6 is 15.9 Å². The van der Waals surface area contributed by atoms with Crippen molar-refractivity contribution in [1.82, 2.24) is 0 Å². The number of halogens is 1. The van der Waals surface area contributed by atoms with E-state index < -0.39 is 6.10 Å². The summed E-state index contributed by atoms with van der Waals surface area (Å²) in [4.78, 5) is 11.4. The molecule has 5 heteroatoms. The highest BCUT2D eigenvalue weighted by Crippen LogP contribution is 2.29. The van der Waals surface area contributed by atoms with Crippen molar-refractivity contribution in [3.63, 3.8) is 0 Å². The number of carbonyl (C=O) groups is 1. The van der Waals surface area contributed by atoms with E-state index in [2.05, 4.69) is 15.9 Å². The Kier molecular flexibility index (Phi) is 5.28. The van der Waals surface area contributed by atoms with Gasteiger partial charge in [0.2, 0.25) is 0 Å². The average Bonchev–Trinajstić information content (AvgIpc) is 2.29. The predicted molar refractivity (Wildman–Crippen MR) is 67.4 cm³/mol. The Morgan fingerprint density at radius 1 is 1.47 bits per heavy atom. The Hall–Kier alpha value is -1.23. The van der Waals surface area contributed by atoms with E-state index in [1.807, 2.05) is 0 Å². The van der Waals surface area contributed by atoms with Crippen LogP contribution in [0, 0.1) is 0 Å². The number of methoxy groups -OCH3 is 1. The lowest BCUT2D eigenvalue weighted by molar-refractivity contribution is -0.150. The van der Waals surface area contributed by atoms with Crippen LogP contribution < -0.4 is 9.47 Å². The summed E-state index contributed by atoms with van der Waals surface area (Å²) in [5, 5.41) is 0. The molecule has 0 fully saturated rings. The summed E-state index contributed by atoms with van der Waals surface area (Å²) in [5.41, 5.74) is 0. The molecule has 0 aromatic heterocycles. The second-order valence-corrected chi connectivity index (χ2v) is 4.16. The molecular weight excluding hydrogens is 288 g/mol. The molecule has 94 valence electrons. The minimum atomic E-state index is -0.629. The number of ether oxygens (including phenoxy) is 3. The van der Waals surface area contributed by atoms with Gasteiger partial charge >= 0.3 is 5.97 Å². The zero-order valence-corrected chi connectivity index (χ0v) is 11.6. The van der Waals surface area contributed by atoms with E-state index >= 15 is 0 Å². The molecule has 0 N–H and O–H groups in total. The van der Waals surface area contributed by atoms with Gasteiger partial charge in [0.15, 0.2) is 6.10 Å². The third-order valence-electron chi connectivity index (χ3n) is 2.05. The van der Waals surface area contributed by atoms with Crippen molar-refractivity contribution in [3.8, 4) is 11.5 Å². The summed E-state index contributed by atoms with van der Waals surface area (Å²) in [6.07, 6.45) is -0.629. The van der Waals surface area contributed by atoms with Crippen LogP contribution in [0.5, 0.6) is 11.5 Å². The van der Waals surface area contributed by atoms with E-state index in [-0.39, 0.29) is 5.97 Å². The molecule has 17 heavy (non-hydrogen) atoms. The molecule has 1 unspecified atom stereocenters. The van der Waals surface area contributed by atoms with Crippen LogP contribution in [0.25, 0.3) is 0 Å². The van der Waals surface area contributed by atoms with Gasteiger partial charge in [0.25, 0.3) is 0 Å². The van der Waals surface area contributed by atoms with E-state index in [1.165, 1.54) is 0 Å². The van der Waals surface area contributed by atoms with Gasteiger partial charge in [-0.3, -0.25) is 0 Å². The minimum absolute atomic E-state index is 0.346. The maximum absolute atomic E-state index is 11.4. The lowest BCUT2D eigenvalue weighted by Crippen LogP contribution is -2.26. The monoisotopic (exact) mass is 302 g/mol. The molecule has 0 radical (unpaired) electrons. The van der Waals surface area contributed by atoms with Gasteiger partial charge in [-0.15, -0.1) is 0 Å². The molecule has 1 atom stereocenters. The molecule has 0 saturated heterocycles. The smallest absolute Gasteiger partial charge is 0.347 e. The van der Waals surface area contributed by atoms with Crippen LogP contribution in [0.15, 0.2) is 22.7 Å². The quantitative estimate of drug-likeness (QED) is 0.785. The van der Waals surface area contributed by atoms with Crippen molar-refractivity contribution in [3.05, 3.63) is 22.7 Å². The van der Waals surface area contributed by atoms with Crippen LogP contribution in [0.1, 0.15) is 13.8 Å². The van der Waals surface area contributed by atoms with Crippen LogP contribution in [0.2, 0.25) is 0 Å². The molecular formula is C12H15BrO4. The number of hydrogen-bond donors (Lipinski definition) is 0. The van der Waals surface area contributed by atoms with Crippen molar-refractivity contribution in [2.24, 2.45) is 0 Å². The molecule has 0 aliphatic carbocycles. The largest absolute Gasteiger partial charge is 0.496 e. The Morgan fingerprint density at radius 2 is 2.18 bits per heavy atom. The molecule has 0 spiro atoms. The number of esters is 1. The van der Waals surface area contributed by atoms with Crippen molar-refractivity contribution in [1.29, 1.82) is 0 Å². The third-order valence-corrected chi connectivity index (χ3v) is 2.67. The van der Waals surface area contributed by atoms with E-state index in [0.29, 0.717) is 18.1 Å². The summed E-state index contributed by atoms with van der Waals surface area (Å²) < 4.78 is 16.2. The number of carbonyl (C=O) groups excluding carboxylic acids is 1. The Balaban J connectivity index is 2.68. The highest BCUT2D eigenvalue weighted by Gasteiger charge is 2.16. The second kappa shape index (κ2) is 6.49. The molecule has 0 saturated carbocycles. The van der Waals surface area contributed by atoms with Gasteiger partial charge in [-0.25, -0.2) is 4.79 Å². The molecule has 4 nitrogen and oxygen atoms in total. The minimum Gasteiger partial charge on any atom is -0.496 e. The summed E-state index contributed by atoms with van der Waals surface area (Å²) in [7, 11) is 1.59. The lowest BCUT2D eigenvalue weighted by Gasteiger charge is -2.14. The highest BCUT2D eigenvalue weighted by atomic mass is 79.9. The SMILES string of the molecule is CCOC(=O)C(C)Oc1ccc(OC)c(Br)c1. The van der Waals surface area contributed by atoms with Gasteiger partial charge < -0.3 is 14.2 Å². The fourth-order valence-electron chi connectivity index (χ4n) is 1.23. The topological polar surface area (TPSA) is 44.8 Å². The molecule has 1 rings (SSSR count). The van der Waals surface area contributed by atoms with Gasteiger partial charge in [-0.1, -0.05) is 0 Å². The van der Waals surface area contributed by atoms with Gasteiger partial charge in [0.05, 0.1) is 18.2 Å². The number of benzene rings is 1. The average molecular weight is 303 g/mol. The normalized spacial score (nSPS) is 11.8. The van der Waals surface area contributed by atoms with Crippen molar-refractivity contribution < 1.29 is 19.0 Å². The van der Waals surface area contributed by atoms with Crippen molar-refractivity contribution in [2.45, 2.75) is 20.0 Å². The molecule has 0 bridgehead atoms. The molecule has 1 aromatic rings. The van der Waals surface area contributed by atoms with Crippen molar-refractivity contribution >= 4 is 21.9 Å². The van der Waals surface area contributed by atoms with Gasteiger partial charge in [-0.05, 0) is 48.0 Å². The lowest BCUT2D eigenvalue weighted by atomic mass is 10.3. The second-order valence-electron chi connectivity index (χ2n) is 3.31. The van der Waals surface area contributed by atoms with E-state index in [0.717, 1.165) is 4.47 Å². The third kappa shape index (κ3) is 3.93. The standard InChI is InChI=1S/C12H15BrO4/c1-4-16-12(14)8(2)17-9-5-6-11(15-3)10(13)7-9/h5-8H,4H2,1-3H3. The summed E-state index contributed by atoms with van der Waals surface area (Å²) in [6, 6.07) is 5.24. The zero-order chi connectivity index (χ0) is 12.8. The van der Waals surface area contributed by atoms with Gasteiger partial charge in [0.1, 0.15) is 11.5 Å². The van der Waals surface area contributed by atoms with Gasteiger partial charge in [-0.2, -0.15) is 0 Å². The van der Waals surface area contributed by atoms with E-state index in [4.69, 9.17) is 14.2 Å². The van der Waals surface area contributed by atoms with Crippen LogP contribution in [-0.4, -0.2) is 25.8 Å². The van der Waals surface area contributed by atoms with Crippen LogP contribution in [0.3, 0.4) is 0 Å². The number of hydrogen-bond acceptors (Lipinski definition) is 4. The van der Waals surface area contributed by atoms with Gasteiger partial charge in [0, 0.05) is 0 Å². The zero-order valence-electron chi connectivity index (χ0n) is 10.0. The summed E-state index contributed by atoms with van der Waals surface area (Å²) >= 11 is 3.34. The first-order chi connectivity index (χ1) is 8.08. The fraction of sp³-hybridized carbons (Fsp3) is 0.417. The first-order valence-electron chi connectivity index (χ1n) is 5.25. The van der Waals surface area contributed by atoms with Crippen molar-refractivity contribution in [2.75, 3.05) is 13.7 Å². The Bertz CT molecular complexity index is 392. The summed E-state index contributed by atoms with van der Waals surface area (Å²) in [6.45, 7) is 3.75. The predicted octanol–water partition coefficient (Wildman–Crippen LogP) is 2.79. The highest BCUT2D eigenvalue weighted by molar-refractivity contribution is 9.10. The van der Waals surface area contributed by atoms with E-state index in [1.54, 1.807) is 39.2 Å². The molecule has 0 heterocycles. The van der Waals surface area contributed by atoms with Crippen LogP contribution in [-0.2, 0) is 9.53 Å². The van der Waals surface area contributed by atoms with E-state index in [9.17, 15) is 4.79 Å². The molecule has 1 aromatic carbocycles. The molecule has 0 aliphatic rings. The maximum atomic E-state index is 11.4. The Morgan fingerprint density at radius 3 is 2.71 bits per heavy atom. The van der Waals surface area contributed by atoms with Crippen LogP contribution in [0.4, 0.5) is 0 Å². The summed E-state index contributed by atoms with van der Waals surface area (Å²) in [5.74, 6) is 0.916. The maximum Gasteiger partial charge on any atom is 0.347 e. The fourth-order valence-corrected chi connectivity index (χ4v) is 1.75. The first kappa shape index (κ1) is 13.8. The molecule has 0 aliphatic heterocycles. The Labute approximate surface area is 109 Å². The molecule has 0 amide bonds.